The lowest BCUT2D eigenvalue weighted by molar-refractivity contribution is -0.113. The first-order chi connectivity index (χ1) is 11.5. The number of nitrogens with one attached hydrogen (secondary N) is 1. The molecule has 0 aliphatic carbocycles. The second kappa shape index (κ2) is 7.23. The third-order valence-electron chi connectivity index (χ3n) is 3.36. The van der Waals surface area contributed by atoms with E-state index in [2.05, 4.69) is 31.4 Å². The van der Waals surface area contributed by atoms with Gasteiger partial charge in [0, 0.05) is 22.6 Å². The average molecular weight is 406 g/mol. The molecule has 0 spiro atoms. The highest BCUT2D eigenvalue weighted by Crippen LogP contribution is 2.21. The average Bonchev–Trinajstić information content (AvgIpc) is 3.18. The van der Waals surface area contributed by atoms with E-state index < -0.39 is 0 Å². The Morgan fingerprint density at radius 2 is 2.00 bits per heavy atom. The van der Waals surface area contributed by atoms with Crippen LogP contribution in [0.2, 0.25) is 0 Å². The number of benzene rings is 1. The molecule has 2 heterocycles. The summed E-state index contributed by atoms with van der Waals surface area (Å²) < 4.78 is 4.76. The smallest absolute Gasteiger partial charge is 0.234 e. The third-order valence-corrected chi connectivity index (χ3v) is 5.17. The number of nitrogens with zero attached hydrogens (tertiary/aromatic N) is 4. The maximum Gasteiger partial charge on any atom is 0.234 e. The normalized spacial score (nSPS) is 10.8. The maximum atomic E-state index is 12.2. The molecule has 0 aliphatic heterocycles. The van der Waals surface area contributed by atoms with Crippen molar-refractivity contribution in [3.05, 3.63) is 58.6 Å². The van der Waals surface area contributed by atoms with Gasteiger partial charge in [0.1, 0.15) is 0 Å². The van der Waals surface area contributed by atoms with E-state index in [1.165, 1.54) is 11.8 Å². The lowest BCUT2D eigenvalue weighted by Gasteiger charge is -2.09. The Labute approximate surface area is 152 Å². The van der Waals surface area contributed by atoms with E-state index in [9.17, 15) is 4.79 Å². The molecular weight excluding hydrogens is 390 g/mol. The molecule has 1 amide bonds. The zero-order valence-corrected chi connectivity index (χ0v) is 15.6. The van der Waals surface area contributed by atoms with Gasteiger partial charge in [-0.15, -0.1) is 10.2 Å². The van der Waals surface area contributed by atoms with Gasteiger partial charge in [0.25, 0.3) is 0 Å². The minimum Gasteiger partial charge on any atom is -0.325 e. The van der Waals surface area contributed by atoms with Gasteiger partial charge in [-0.3, -0.25) is 9.47 Å². The van der Waals surface area contributed by atoms with Crippen LogP contribution >= 0.6 is 27.7 Å². The van der Waals surface area contributed by atoms with Crippen molar-refractivity contribution in [1.29, 1.82) is 0 Å². The summed E-state index contributed by atoms with van der Waals surface area (Å²) in [6.07, 6.45) is 3.82. The molecule has 1 N–H and O–H groups in total. The van der Waals surface area contributed by atoms with E-state index in [0.717, 1.165) is 21.5 Å². The summed E-state index contributed by atoms with van der Waals surface area (Å²) in [7, 11) is 0. The number of hydrogen-bond acceptors (Lipinski definition) is 4. The molecule has 1 aromatic carbocycles. The quantitative estimate of drug-likeness (QED) is 0.659. The van der Waals surface area contributed by atoms with Crippen LogP contribution in [0.1, 0.15) is 11.4 Å². The monoisotopic (exact) mass is 405 g/mol. The highest BCUT2D eigenvalue weighted by Gasteiger charge is 2.13. The number of halogens is 1. The van der Waals surface area contributed by atoms with Gasteiger partial charge in [-0.2, -0.15) is 0 Å². The topological polar surface area (TPSA) is 64.7 Å². The SMILES string of the molecule is Cc1cc(NC(=O)CSc2nnc(C)n2-n2cccc2)ccc1Br. The largest absolute Gasteiger partial charge is 0.325 e. The first-order valence-corrected chi connectivity index (χ1v) is 9.07. The molecule has 0 aliphatic rings. The van der Waals surface area contributed by atoms with Crippen molar-refractivity contribution in [1.82, 2.24) is 19.5 Å². The van der Waals surface area contributed by atoms with Gasteiger partial charge in [0.15, 0.2) is 5.82 Å². The predicted molar refractivity (Wildman–Crippen MR) is 98.2 cm³/mol. The van der Waals surface area contributed by atoms with Crippen LogP contribution in [0.5, 0.6) is 0 Å². The van der Waals surface area contributed by atoms with Crippen LogP contribution in [0, 0.1) is 13.8 Å². The summed E-state index contributed by atoms with van der Waals surface area (Å²) in [4.78, 5) is 12.2. The predicted octanol–water partition coefficient (Wildman–Crippen LogP) is 3.50. The summed E-state index contributed by atoms with van der Waals surface area (Å²) in [6, 6.07) is 9.57. The summed E-state index contributed by atoms with van der Waals surface area (Å²) in [5, 5.41) is 11.8. The van der Waals surface area contributed by atoms with E-state index in [4.69, 9.17) is 0 Å². The van der Waals surface area contributed by atoms with Crippen LogP contribution in [0.15, 0.2) is 52.4 Å². The zero-order chi connectivity index (χ0) is 17.1. The van der Waals surface area contributed by atoms with Gasteiger partial charge in [0.2, 0.25) is 11.1 Å². The molecule has 8 heteroatoms. The first-order valence-electron chi connectivity index (χ1n) is 7.29. The van der Waals surface area contributed by atoms with Crippen LogP contribution in [-0.4, -0.2) is 31.2 Å². The summed E-state index contributed by atoms with van der Waals surface area (Å²) in [6.45, 7) is 3.86. The molecule has 0 bridgehead atoms. The Morgan fingerprint density at radius 1 is 1.25 bits per heavy atom. The minimum atomic E-state index is -0.0820. The minimum absolute atomic E-state index is 0.0820. The molecule has 0 saturated carbocycles. The molecule has 2 aromatic heterocycles. The first kappa shape index (κ1) is 16.8. The molecule has 0 radical (unpaired) electrons. The molecule has 3 aromatic rings. The number of hydrogen-bond donors (Lipinski definition) is 1. The molecule has 3 rings (SSSR count). The Morgan fingerprint density at radius 3 is 2.71 bits per heavy atom. The Balaban J connectivity index is 1.66. The molecule has 124 valence electrons. The van der Waals surface area contributed by atoms with Gasteiger partial charge < -0.3 is 5.32 Å². The van der Waals surface area contributed by atoms with E-state index in [1.54, 1.807) is 0 Å². The number of thioether (sulfide) groups is 1. The third kappa shape index (κ3) is 3.70. The number of carbonyl (C=O) groups excluding carboxylic acids is 1. The van der Waals surface area contributed by atoms with Crippen LogP contribution in [0.4, 0.5) is 5.69 Å². The van der Waals surface area contributed by atoms with Gasteiger partial charge in [-0.05, 0) is 49.7 Å². The molecule has 0 saturated heterocycles. The van der Waals surface area contributed by atoms with Crippen LogP contribution in [0.3, 0.4) is 0 Å². The highest BCUT2D eigenvalue weighted by molar-refractivity contribution is 9.10. The van der Waals surface area contributed by atoms with Crippen molar-refractivity contribution in [2.75, 3.05) is 11.1 Å². The molecule has 0 atom stereocenters. The van der Waals surface area contributed by atoms with Crippen molar-refractivity contribution < 1.29 is 4.79 Å². The fourth-order valence-electron chi connectivity index (χ4n) is 2.20. The van der Waals surface area contributed by atoms with Gasteiger partial charge in [-0.25, -0.2) is 4.68 Å². The lowest BCUT2D eigenvalue weighted by Crippen LogP contribution is -2.16. The lowest BCUT2D eigenvalue weighted by atomic mass is 10.2. The Kier molecular flexibility index (Phi) is 5.06. The zero-order valence-electron chi connectivity index (χ0n) is 13.2. The van der Waals surface area contributed by atoms with Crippen molar-refractivity contribution >= 4 is 39.3 Å². The van der Waals surface area contributed by atoms with E-state index in [1.807, 2.05) is 65.9 Å². The molecular formula is C16H16BrN5OS. The van der Waals surface area contributed by atoms with Gasteiger partial charge >= 0.3 is 0 Å². The maximum absolute atomic E-state index is 12.2. The highest BCUT2D eigenvalue weighted by atomic mass is 79.9. The fourth-order valence-corrected chi connectivity index (χ4v) is 3.23. The number of aromatic nitrogens is 4. The number of carbonyl (C=O) groups is 1. The standard InChI is InChI=1S/C16H16BrN5OS/c1-11-9-13(5-6-14(11)17)18-15(23)10-24-16-20-19-12(2)22(16)21-7-3-4-8-21/h3-9H,10H2,1-2H3,(H,18,23). The fraction of sp³-hybridized carbons (Fsp3) is 0.188. The Hall–Kier alpha value is -2.06. The van der Waals surface area contributed by atoms with Crippen LogP contribution in [-0.2, 0) is 4.79 Å². The van der Waals surface area contributed by atoms with Crippen molar-refractivity contribution in [2.24, 2.45) is 0 Å². The molecule has 0 unspecified atom stereocenters. The van der Waals surface area contributed by atoms with Gasteiger partial charge in [0.05, 0.1) is 5.75 Å². The molecule has 6 nitrogen and oxygen atoms in total. The van der Waals surface area contributed by atoms with Crippen molar-refractivity contribution in [3.63, 3.8) is 0 Å². The number of anilines is 1. The van der Waals surface area contributed by atoms with E-state index >= 15 is 0 Å². The molecule has 0 fully saturated rings. The second-order valence-corrected chi connectivity index (χ2v) is 7.00. The van der Waals surface area contributed by atoms with Gasteiger partial charge in [-0.1, -0.05) is 27.7 Å². The second-order valence-electron chi connectivity index (χ2n) is 5.21. The van der Waals surface area contributed by atoms with Crippen molar-refractivity contribution in [3.8, 4) is 0 Å². The van der Waals surface area contributed by atoms with Crippen LogP contribution in [0.25, 0.3) is 0 Å². The van der Waals surface area contributed by atoms with Crippen molar-refractivity contribution in [2.45, 2.75) is 19.0 Å². The number of rotatable bonds is 5. The summed E-state index contributed by atoms with van der Waals surface area (Å²) in [5.74, 6) is 0.938. The molecule has 24 heavy (non-hydrogen) atoms. The number of amides is 1. The van der Waals surface area contributed by atoms with E-state index in [-0.39, 0.29) is 11.7 Å². The van der Waals surface area contributed by atoms with Crippen LogP contribution < -0.4 is 5.32 Å². The number of aryl methyl sites for hydroxylation is 2. The Bertz CT molecular complexity index is 859. The summed E-state index contributed by atoms with van der Waals surface area (Å²) >= 11 is 4.80. The summed E-state index contributed by atoms with van der Waals surface area (Å²) in [5.41, 5.74) is 1.85. The van der Waals surface area contributed by atoms with E-state index in [0.29, 0.717) is 5.16 Å².